The van der Waals surface area contributed by atoms with Crippen LogP contribution in [0.3, 0.4) is 0 Å². The number of benzene rings is 3. The van der Waals surface area contributed by atoms with Crippen molar-refractivity contribution in [3.63, 3.8) is 0 Å². The van der Waals surface area contributed by atoms with Crippen molar-refractivity contribution < 1.29 is 31.7 Å². The zero-order valence-corrected chi connectivity index (χ0v) is 27.0. The highest BCUT2D eigenvalue weighted by atomic mass is 35.5. The summed E-state index contributed by atoms with van der Waals surface area (Å²) in [7, 11) is -4.44. The number of aromatic nitrogens is 2. The van der Waals surface area contributed by atoms with Gasteiger partial charge < -0.3 is 15.0 Å². The van der Waals surface area contributed by atoms with Crippen molar-refractivity contribution in [2.24, 2.45) is 0 Å². The molecule has 5 rings (SSSR count). The fourth-order valence-corrected chi connectivity index (χ4v) is 6.05. The molecular weight excluding hydrogens is 635 g/mol. The van der Waals surface area contributed by atoms with Crippen LogP contribution in [0.15, 0.2) is 60.9 Å². The molecule has 0 radical (unpaired) electrons. The van der Waals surface area contributed by atoms with Gasteiger partial charge in [-0.3, -0.25) is 18.8 Å². The van der Waals surface area contributed by atoms with Crippen molar-refractivity contribution in [2.45, 2.75) is 46.1 Å². The van der Waals surface area contributed by atoms with E-state index in [2.05, 4.69) is 5.10 Å². The average molecular weight is 669 g/mol. The van der Waals surface area contributed by atoms with Crippen molar-refractivity contribution in [3.05, 3.63) is 99.6 Å². The number of anilines is 1. The van der Waals surface area contributed by atoms with Gasteiger partial charge in [0.15, 0.2) is 0 Å². The van der Waals surface area contributed by atoms with Crippen molar-refractivity contribution in [3.8, 4) is 16.9 Å². The summed E-state index contributed by atoms with van der Waals surface area (Å²) in [6.07, 6.45) is 6.00. The second kappa shape index (κ2) is 14.0. The first-order valence-corrected chi connectivity index (χ1v) is 16.8. The number of amides is 2. The Bertz CT molecular complexity index is 1870. The monoisotopic (exact) mass is 668 g/mol. The van der Waals surface area contributed by atoms with Gasteiger partial charge >= 0.3 is 0 Å². The van der Waals surface area contributed by atoms with E-state index < -0.39 is 27.7 Å². The molecule has 0 fully saturated rings. The van der Waals surface area contributed by atoms with Crippen LogP contribution in [0.2, 0.25) is 5.02 Å². The number of hydrogen-bond acceptors (Lipinski definition) is 6. The Morgan fingerprint density at radius 3 is 2.70 bits per heavy atom. The topological polar surface area (TPSA) is 131 Å². The van der Waals surface area contributed by atoms with Crippen LogP contribution in [0.4, 0.5) is 10.1 Å². The van der Waals surface area contributed by atoms with Crippen LogP contribution >= 0.6 is 11.6 Å². The molecule has 0 saturated heterocycles. The van der Waals surface area contributed by atoms with Gasteiger partial charge in [-0.05, 0) is 79.6 Å². The van der Waals surface area contributed by atoms with Gasteiger partial charge in [0.25, 0.3) is 16.0 Å². The molecule has 3 aromatic carbocycles. The SMILES string of the molecule is Cc1cccc(OCCCC(=O)N2CCCc3c(-c4cnn(Cc5c(F)cc(C(=O)NCS(=O)(=O)O)cc5Cl)c4)cccc32)c1C. The molecule has 1 aliphatic heterocycles. The summed E-state index contributed by atoms with van der Waals surface area (Å²) in [5, 5.41) is 6.35. The number of fused-ring (bicyclic) bond motifs is 1. The fraction of sp³-hybridized carbons (Fsp3) is 0.303. The predicted octanol–water partition coefficient (Wildman–Crippen LogP) is 5.72. The van der Waals surface area contributed by atoms with Crippen LogP contribution in [0.1, 0.15) is 51.9 Å². The van der Waals surface area contributed by atoms with Crippen molar-refractivity contribution >= 4 is 39.2 Å². The Kier molecular flexibility index (Phi) is 10.1. The van der Waals surface area contributed by atoms with E-state index in [0.717, 1.165) is 58.2 Å². The first kappa shape index (κ1) is 33.1. The van der Waals surface area contributed by atoms with Crippen molar-refractivity contribution in [2.75, 3.05) is 23.9 Å². The molecule has 0 spiro atoms. The molecule has 1 aliphatic rings. The summed E-state index contributed by atoms with van der Waals surface area (Å²) >= 11 is 6.30. The Morgan fingerprint density at radius 1 is 1.15 bits per heavy atom. The average Bonchev–Trinajstić information content (AvgIpc) is 3.49. The van der Waals surface area contributed by atoms with Crippen LogP contribution in [0.5, 0.6) is 5.75 Å². The third-order valence-electron chi connectivity index (χ3n) is 7.98. The standard InChI is InChI=1S/C33H34ClFN4O6S/c1-21-7-3-11-31(22(21)2)45-14-6-12-32(40)39-13-5-9-26-25(8-4-10-30(26)39)24-17-37-38(18-24)19-27-28(34)15-23(16-29(27)35)33(41)36-20-46(42,43)44/h3-4,7-8,10-11,15-18H,5-6,9,12-14,19-20H2,1-2H3,(H,36,41)(H,42,43,44). The largest absolute Gasteiger partial charge is 0.493 e. The molecule has 10 nitrogen and oxygen atoms in total. The molecule has 0 atom stereocenters. The molecule has 4 aromatic rings. The van der Waals surface area contributed by atoms with Gasteiger partial charge in [-0.1, -0.05) is 35.9 Å². The second-order valence-electron chi connectivity index (χ2n) is 11.2. The molecule has 2 amide bonds. The van der Waals surface area contributed by atoms with E-state index in [-0.39, 0.29) is 28.6 Å². The number of halogens is 2. The van der Waals surface area contributed by atoms with Crippen LogP contribution in [-0.4, -0.2) is 53.6 Å². The van der Waals surface area contributed by atoms with Gasteiger partial charge in [-0.25, -0.2) is 4.39 Å². The fourth-order valence-electron chi connectivity index (χ4n) is 5.47. The van der Waals surface area contributed by atoms with E-state index in [0.29, 0.717) is 26.0 Å². The van der Waals surface area contributed by atoms with Crippen LogP contribution < -0.4 is 15.0 Å². The van der Waals surface area contributed by atoms with E-state index in [1.165, 1.54) is 10.7 Å². The van der Waals surface area contributed by atoms with E-state index >= 15 is 4.39 Å². The molecule has 13 heteroatoms. The Hall–Kier alpha value is -4.26. The first-order chi connectivity index (χ1) is 21.9. The molecule has 2 N–H and O–H groups in total. The van der Waals surface area contributed by atoms with E-state index in [9.17, 15) is 18.0 Å². The Labute approximate surface area is 271 Å². The minimum Gasteiger partial charge on any atom is -0.493 e. The van der Waals surface area contributed by atoms with E-state index in [1.807, 2.05) is 60.5 Å². The molecule has 0 saturated carbocycles. The summed E-state index contributed by atoms with van der Waals surface area (Å²) in [4.78, 5) is 27.3. The van der Waals surface area contributed by atoms with Crippen LogP contribution in [-0.2, 0) is 27.9 Å². The minimum atomic E-state index is -4.44. The zero-order valence-electron chi connectivity index (χ0n) is 25.4. The number of carbonyl (C=O) groups is 2. The maximum Gasteiger partial charge on any atom is 0.283 e. The smallest absolute Gasteiger partial charge is 0.283 e. The molecule has 46 heavy (non-hydrogen) atoms. The number of ether oxygens (including phenoxy) is 1. The van der Waals surface area contributed by atoms with Gasteiger partial charge in [0, 0.05) is 46.6 Å². The highest BCUT2D eigenvalue weighted by molar-refractivity contribution is 7.85. The number of rotatable bonds is 11. The number of aryl methyl sites for hydroxylation is 1. The molecule has 0 bridgehead atoms. The Balaban J connectivity index is 1.26. The summed E-state index contributed by atoms with van der Waals surface area (Å²) in [6.45, 7) is 5.12. The lowest BCUT2D eigenvalue weighted by molar-refractivity contribution is -0.118. The van der Waals surface area contributed by atoms with Crippen LogP contribution in [0.25, 0.3) is 11.1 Å². The molecule has 2 heterocycles. The molecular formula is C33H34ClFN4O6S. The van der Waals surface area contributed by atoms with Crippen molar-refractivity contribution in [1.82, 2.24) is 15.1 Å². The number of hydrogen-bond donors (Lipinski definition) is 2. The van der Waals surface area contributed by atoms with E-state index in [1.54, 1.807) is 12.4 Å². The summed E-state index contributed by atoms with van der Waals surface area (Å²) in [6, 6.07) is 13.9. The normalized spacial score (nSPS) is 12.9. The number of nitrogens with zero attached hydrogens (tertiary/aromatic N) is 3. The van der Waals surface area contributed by atoms with Gasteiger partial charge in [-0.2, -0.15) is 13.5 Å². The molecule has 0 unspecified atom stereocenters. The van der Waals surface area contributed by atoms with Gasteiger partial charge in [0.2, 0.25) is 5.91 Å². The predicted molar refractivity (Wildman–Crippen MR) is 173 cm³/mol. The highest BCUT2D eigenvalue weighted by Crippen LogP contribution is 2.36. The first-order valence-electron chi connectivity index (χ1n) is 14.8. The lowest BCUT2D eigenvalue weighted by atomic mass is 9.93. The summed E-state index contributed by atoms with van der Waals surface area (Å²) < 4.78 is 53.1. The van der Waals surface area contributed by atoms with Gasteiger partial charge in [0.05, 0.1) is 19.3 Å². The molecule has 242 valence electrons. The maximum absolute atomic E-state index is 15.0. The van der Waals surface area contributed by atoms with Gasteiger partial charge in [-0.15, -0.1) is 0 Å². The molecule has 0 aliphatic carbocycles. The number of carbonyl (C=O) groups excluding carboxylic acids is 2. The number of nitrogens with one attached hydrogen (secondary N) is 1. The summed E-state index contributed by atoms with van der Waals surface area (Å²) in [5.41, 5.74) is 5.79. The Morgan fingerprint density at radius 2 is 1.93 bits per heavy atom. The zero-order chi connectivity index (χ0) is 33.0. The minimum absolute atomic E-state index is 0.0264. The lowest BCUT2D eigenvalue weighted by Crippen LogP contribution is -2.35. The van der Waals surface area contributed by atoms with Crippen molar-refractivity contribution in [1.29, 1.82) is 0 Å². The maximum atomic E-state index is 15.0. The third kappa shape index (κ3) is 7.75. The highest BCUT2D eigenvalue weighted by Gasteiger charge is 2.25. The lowest BCUT2D eigenvalue weighted by Gasteiger charge is -2.31. The van der Waals surface area contributed by atoms with E-state index in [4.69, 9.17) is 20.9 Å². The van der Waals surface area contributed by atoms with Gasteiger partial charge in [0.1, 0.15) is 17.4 Å². The summed E-state index contributed by atoms with van der Waals surface area (Å²) in [5.74, 6) is -1.81. The molecule has 1 aromatic heterocycles. The quantitative estimate of drug-likeness (QED) is 0.154. The van der Waals surface area contributed by atoms with Crippen LogP contribution in [0, 0.1) is 19.7 Å². The third-order valence-corrected chi connectivity index (χ3v) is 8.83. The second-order valence-corrected chi connectivity index (χ2v) is 13.0.